The molecule has 2 heteroatoms. The molecule has 0 saturated carbocycles. The smallest absolute Gasteiger partial charge is 0.00338 e. The summed E-state index contributed by atoms with van der Waals surface area (Å²) < 4.78 is 0. The van der Waals surface area contributed by atoms with Gasteiger partial charge < -0.3 is 4.90 Å². The number of alkyl halides is 1. The van der Waals surface area contributed by atoms with Crippen molar-refractivity contribution in [2.75, 3.05) is 25.0 Å². The summed E-state index contributed by atoms with van der Waals surface area (Å²) >= 11 is 3.52. The van der Waals surface area contributed by atoms with E-state index in [1.165, 1.54) is 51.7 Å². The highest BCUT2D eigenvalue weighted by molar-refractivity contribution is 9.09. The summed E-state index contributed by atoms with van der Waals surface area (Å²) in [6.45, 7) is 8.77. The van der Waals surface area contributed by atoms with Gasteiger partial charge >= 0.3 is 0 Å². The van der Waals surface area contributed by atoms with Crippen molar-refractivity contribution in [1.82, 2.24) is 4.90 Å². The van der Waals surface area contributed by atoms with Crippen LogP contribution in [-0.2, 0) is 0 Å². The Morgan fingerprint density at radius 2 is 2.07 bits per heavy atom. The third kappa shape index (κ3) is 5.91. The first-order chi connectivity index (χ1) is 7.22. The minimum Gasteiger partial charge on any atom is -0.303 e. The molecule has 0 N–H and O–H groups in total. The third-order valence-electron chi connectivity index (χ3n) is 3.65. The molecular weight excluding hydrogens is 250 g/mol. The van der Waals surface area contributed by atoms with Gasteiger partial charge in [-0.3, -0.25) is 0 Å². The molecule has 0 radical (unpaired) electrons. The largest absolute Gasteiger partial charge is 0.303 e. The van der Waals surface area contributed by atoms with E-state index in [0.717, 1.165) is 17.2 Å². The zero-order chi connectivity index (χ0) is 11.1. The Hall–Kier alpha value is 0.440. The van der Waals surface area contributed by atoms with Crippen LogP contribution in [0.15, 0.2) is 0 Å². The maximum Gasteiger partial charge on any atom is 0.00338 e. The average molecular weight is 276 g/mol. The highest BCUT2D eigenvalue weighted by atomic mass is 79.9. The van der Waals surface area contributed by atoms with Crippen LogP contribution in [0.3, 0.4) is 0 Å². The second kappa shape index (κ2) is 7.67. The lowest BCUT2D eigenvalue weighted by Crippen LogP contribution is -2.27. The molecule has 1 nitrogen and oxygen atoms in total. The maximum absolute atomic E-state index is 3.52. The molecule has 90 valence electrons. The molecule has 0 aromatic rings. The van der Waals surface area contributed by atoms with Gasteiger partial charge in [0.15, 0.2) is 0 Å². The highest BCUT2D eigenvalue weighted by Crippen LogP contribution is 2.18. The van der Waals surface area contributed by atoms with E-state index < -0.39 is 0 Å². The quantitative estimate of drug-likeness (QED) is 0.688. The zero-order valence-corrected chi connectivity index (χ0v) is 11.9. The van der Waals surface area contributed by atoms with E-state index in [1.54, 1.807) is 0 Å². The SMILES string of the molecule is CC(CCBr)CCN1CCCC(C)CC1. The van der Waals surface area contributed by atoms with Gasteiger partial charge in [-0.05, 0) is 63.6 Å². The van der Waals surface area contributed by atoms with E-state index in [-0.39, 0.29) is 0 Å². The topological polar surface area (TPSA) is 3.24 Å². The Balaban J connectivity index is 2.14. The van der Waals surface area contributed by atoms with Crippen LogP contribution in [0, 0.1) is 11.8 Å². The van der Waals surface area contributed by atoms with Crippen molar-refractivity contribution < 1.29 is 0 Å². The Kier molecular flexibility index (Phi) is 6.91. The second-order valence-electron chi connectivity index (χ2n) is 5.25. The molecule has 0 spiro atoms. The number of hydrogen-bond donors (Lipinski definition) is 0. The van der Waals surface area contributed by atoms with Gasteiger partial charge in [-0.1, -0.05) is 29.8 Å². The lowest BCUT2D eigenvalue weighted by molar-refractivity contribution is 0.260. The Morgan fingerprint density at radius 1 is 1.27 bits per heavy atom. The second-order valence-corrected chi connectivity index (χ2v) is 6.04. The van der Waals surface area contributed by atoms with Crippen LogP contribution in [0.4, 0.5) is 0 Å². The van der Waals surface area contributed by atoms with Gasteiger partial charge in [0, 0.05) is 5.33 Å². The van der Waals surface area contributed by atoms with Crippen LogP contribution >= 0.6 is 15.9 Å². The van der Waals surface area contributed by atoms with Crippen LogP contribution in [-0.4, -0.2) is 29.9 Å². The molecule has 2 atom stereocenters. The molecule has 15 heavy (non-hydrogen) atoms. The zero-order valence-electron chi connectivity index (χ0n) is 10.3. The predicted octanol–water partition coefficient (Wildman–Crippen LogP) is 3.92. The normalized spacial score (nSPS) is 26.2. The van der Waals surface area contributed by atoms with Gasteiger partial charge in [0.2, 0.25) is 0 Å². The van der Waals surface area contributed by atoms with Crippen molar-refractivity contribution in [2.45, 2.75) is 46.0 Å². The van der Waals surface area contributed by atoms with Gasteiger partial charge in [-0.2, -0.15) is 0 Å². The molecule has 0 amide bonds. The fourth-order valence-electron chi connectivity index (χ4n) is 2.28. The predicted molar refractivity (Wildman–Crippen MR) is 71.6 cm³/mol. The summed E-state index contributed by atoms with van der Waals surface area (Å²) in [6.07, 6.45) is 6.96. The van der Waals surface area contributed by atoms with E-state index in [0.29, 0.717) is 0 Å². The molecule has 0 aliphatic carbocycles. The molecule has 1 aliphatic heterocycles. The number of nitrogens with zero attached hydrogens (tertiary/aromatic N) is 1. The van der Waals surface area contributed by atoms with E-state index in [9.17, 15) is 0 Å². The lowest BCUT2D eigenvalue weighted by atomic mass is 10.0. The number of rotatable bonds is 5. The number of halogens is 1. The molecule has 1 aliphatic rings. The van der Waals surface area contributed by atoms with Crippen molar-refractivity contribution >= 4 is 15.9 Å². The van der Waals surface area contributed by atoms with Gasteiger partial charge in [-0.25, -0.2) is 0 Å². The summed E-state index contributed by atoms with van der Waals surface area (Å²) in [7, 11) is 0. The molecule has 1 rings (SSSR count). The summed E-state index contributed by atoms with van der Waals surface area (Å²) in [5, 5.41) is 1.16. The van der Waals surface area contributed by atoms with Gasteiger partial charge in [-0.15, -0.1) is 0 Å². The number of hydrogen-bond acceptors (Lipinski definition) is 1. The van der Waals surface area contributed by atoms with Gasteiger partial charge in [0.25, 0.3) is 0 Å². The van der Waals surface area contributed by atoms with Crippen molar-refractivity contribution in [2.24, 2.45) is 11.8 Å². The highest BCUT2D eigenvalue weighted by Gasteiger charge is 2.13. The van der Waals surface area contributed by atoms with E-state index >= 15 is 0 Å². The fraction of sp³-hybridized carbons (Fsp3) is 1.00. The first-order valence-electron chi connectivity index (χ1n) is 6.50. The van der Waals surface area contributed by atoms with Crippen molar-refractivity contribution in [3.63, 3.8) is 0 Å². The van der Waals surface area contributed by atoms with E-state index in [4.69, 9.17) is 0 Å². The van der Waals surface area contributed by atoms with Crippen molar-refractivity contribution in [3.8, 4) is 0 Å². The van der Waals surface area contributed by atoms with Crippen molar-refractivity contribution in [3.05, 3.63) is 0 Å². The molecular formula is C13H26BrN. The maximum atomic E-state index is 3.52. The first-order valence-corrected chi connectivity index (χ1v) is 7.63. The summed E-state index contributed by atoms with van der Waals surface area (Å²) in [6, 6.07) is 0. The molecule has 1 fully saturated rings. The first kappa shape index (κ1) is 13.5. The van der Waals surface area contributed by atoms with Crippen LogP contribution < -0.4 is 0 Å². The van der Waals surface area contributed by atoms with Crippen LogP contribution in [0.5, 0.6) is 0 Å². The summed E-state index contributed by atoms with van der Waals surface area (Å²) in [4.78, 5) is 2.67. The average Bonchev–Trinajstić information content (AvgIpc) is 2.41. The fourth-order valence-corrected chi connectivity index (χ4v) is 3.06. The van der Waals surface area contributed by atoms with Gasteiger partial charge in [0.1, 0.15) is 0 Å². The minimum atomic E-state index is 0.880. The summed E-state index contributed by atoms with van der Waals surface area (Å²) in [5.41, 5.74) is 0. The lowest BCUT2D eigenvalue weighted by Gasteiger charge is -2.21. The Labute approximate surface area is 104 Å². The molecule has 0 aromatic carbocycles. The van der Waals surface area contributed by atoms with Crippen LogP contribution in [0.2, 0.25) is 0 Å². The van der Waals surface area contributed by atoms with Gasteiger partial charge in [0.05, 0.1) is 0 Å². The summed E-state index contributed by atoms with van der Waals surface area (Å²) in [5.74, 6) is 1.83. The van der Waals surface area contributed by atoms with Crippen LogP contribution in [0.25, 0.3) is 0 Å². The monoisotopic (exact) mass is 275 g/mol. The van der Waals surface area contributed by atoms with Crippen molar-refractivity contribution in [1.29, 1.82) is 0 Å². The molecule has 0 aromatic heterocycles. The standard InChI is InChI=1S/C13H26BrN/c1-12-4-3-9-15(10-6-12)11-7-13(2)5-8-14/h12-13H,3-11H2,1-2H3. The van der Waals surface area contributed by atoms with E-state index in [2.05, 4.69) is 34.7 Å². The third-order valence-corrected chi connectivity index (χ3v) is 4.11. The Morgan fingerprint density at radius 3 is 2.80 bits per heavy atom. The molecule has 1 saturated heterocycles. The number of likely N-dealkylation sites (tertiary alicyclic amines) is 1. The minimum absolute atomic E-state index is 0.880. The van der Waals surface area contributed by atoms with E-state index in [1.807, 2.05) is 0 Å². The Bertz CT molecular complexity index is 161. The molecule has 2 unspecified atom stereocenters. The molecule has 1 heterocycles. The molecule has 0 bridgehead atoms. The van der Waals surface area contributed by atoms with Crippen LogP contribution in [0.1, 0.15) is 46.0 Å².